The summed E-state index contributed by atoms with van der Waals surface area (Å²) < 4.78 is 0. The second kappa shape index (κ2) is 8.12. The van der Waals surface area contributed by atoms with Crippen molar-refractivity contribution in [3.05, 3.63) is 23.8 Å². The lowest BCUT2D eigenvalue weighted by molar-refractivity contribution is 0.527. The molecule has 0 fully saturated rings. The summed E-state index contributed by atoms with van der Waals surface area (Å²) in [6.07, 6.45) is 2.34. The number of benzene rings is 1. The molecule has 0 saturated carbocycles. The lowest BCUT2D eigenvalue weighted by atomic mass is 10.0. The molecule has 0 aliphatic rings. The van der Waals surface area contributed by atoms with Crippen molar-refractivity contribution >= 4 is 17.4 Å². The normalized spacial score (nSPS) is 12.2. The standard InChI is InChI=1S/C16H24N2S/c1-5-19-16-8-6-7-15(14(16)11-17)18-13(4)10-9-12(2)3/h6-8,12-13,18H,5,9-10H2,1-4H3. The Labute approximate surface area is 121 Å². The van der Waals surface area contributed by atoms with Crippen LogP contribution in [0, 0.1) is 17.2 Å². The molecule has 3 heteroatoms. The molecule has 0 aromatic heterocycles. The van der Waals surface area contributed by atoms with Crippen molar-refractivity contribution < 1.29 is 0 Å². The van der Waals surface area contributed by atoms with E-state index in [9.17, 15) is 5.26 Å². The summed E-state index contributed by atoms with van der Waals surface area (Å²) in [5.74, 6) is 1.71. The van der Waals surface area contributed by atoms with Crippen LogP contribution in [0.5, 0.6) is 0 Å². The highest BCUT2D eigenvalue weighted by Gasteiger charge is 2.10. The fraction of sp³-hybridized carbons (Fsp3) is 0.562. The van der Waals surface area contributed by atoms with Crippen LogP contribution in [-0.4, -0.2) is 11.8 Å². The Morgan fingerprint density at radius 2 is 2.00 bits per heavy atom. The number of hydrogen-bond donors (Lipinski definition) is 1. The van der Waals surface area contributed by atoms with Crippen LogP contribution in [0.3, 0.4) is 0 Å². The largest absolute Gasteiger partial charge is 0.381 e. The zero-order valence-electron chi connectivity index (χ0n) is 12.4. The predicted octanol–water partition coefficient (Wildman–Crippen LogP) is 4.91. The van der Waals surface area contributed by atoms with E-state index in [4.69, 9.17) is 0 Å². The lowest BCUT2D eigenvalue weighted by Gasteiger charge is -2.18. The highest BCUT2D eigenvalue weighted by atomic mass is 32.2. The molecule has 0 spiro atoms. The third-order valence-corrected chi connectivity index (χ3v) is 3.96. The summed E-state index contributed by atoms with van der Waals surface area (Å²) in [5, 5.41) is 12.8. The lowest BCUT2D eigenvalue weighted by Crippen LogP contribution is -2.16. The van der Waals surface area contributed by atoms with Crippen molar-refractivity contribution in [2.45, 2.75) is 51.5 Å². The van der Waals surface area contributed by atoms with Gasteiger partial charge >= 0.3 is 0 Å². The van der Waals surface area contributed by atoms with E-state index in [1.165, 1.54) is 6.42 Å². The van der Waals surface area contributed by atoms with E-state index < -0.39 is 0 Å². The van der Waals surface area contributed by atoms with Crippen molar-refractivity contribution in [2.75, 3.05) is 11.1 Å². The van der Waals surface area contributed by atoms with Gasteiger partial charge in [0.15, 0.2) is 0 Å². The van der Waals surface area contributed by atoms with Gasteiger partial charge in [0.2, 0.25) is 0 Å². The summed E-state index contributed by atoms with van der Waals surface area (Å²) in [7, 11) is 0. The third-order valence-electron chi connectivity index (χ3n) is 3.02. The fourth-order valence-electron chi connectivity index (χ4n) is 1.96. The molecule has 0 heterocycles. The van der Waals surface area contributed by atoms with Gasteiger partial charge in [-0.15, -0.1) is 11.8 Å². The summed E-state index contributed by atoms with van der Waals surface area (Å²) in [5.41, 5.74) is 1.75. The number of anilines is 1. The molecule has 1 aromatic carbocycles. The molecule has 1 unspecified atom stereocenters. The molecule has 1 aromatic rings. The minimum absolute atomic E-state index is 0.399. The molecule has 0 amide bonds. The van der Waals surface area contributed by atoms with Gasteiger partial charge < -0.3 is 5.32 Å². The van der Waals surface area contributed by atoms with E-state index in [1.54, 1.807) is 11.8 Å². The maximum absolute atomic E-state index is 9.35. The first-order valence-corrected chi connectivity index (χ1v) is 7.99. The number of nitrogens with one attached hydrogen (secondary N) is 1. The Hall–Kier alpha value is -1.14. The maximum Gasteiger partial charge on any atom is 0.102 e. The van der Waals surface area contributed by atoms with Gasteiger partial charge in [-0.1, -0.05) is 26.8 Å². The monoisotopic (exact) mass is 276 g/mol. The first-order chi connectivity index (χ1) is 9.08. The molecular weight excluding hydrogens is 252 g/mol. The molecule has 0 saturated heterocycles. The van der Waals surface area contributed by atoms with Gasteiger partial charge in [0.25, 0.3) is 0 Å². The SMILES string of the molecule is CCSc1cccc(NC(C)CCC(C)C)c1C#N. The predicted molar refractivity (Wildman–Crippen MR) is 84.7 cm³/mol. The maximum atomic E-state index is 9.35. The van der Waals surface area contributed by atoms with Crippen molar-refractivity contribution in [3.8, 4) is 6.07 Å². The Kier molecular flexibility index (Phi) is 6.80. The Balaban J connectivity index is 2.77. The molecule has 0 aliphatic heterocycles. The van der Waals surface area contributed by atoms with Crippen molar-refractivity contribution in [3.63, 3.8) is 0 Å². The van der Waals surface area contributed by atoms with Crippen LogP contribution < -0.4 is 5.32 Å². The van der Waals surface area contributed by atoms with Crippen LogP contribution in [0.15, 0.2) is 23.1 Å². The molecule has 0 bridgehead atoms. The van der Waals surface area contributed by atoms with E-state index in [-0.39, 0.29) is 0 Å². The smallest absolute Gasteiger partial charge is 0.102 e. The number of nitriles is 1. The van der Waals surface area contributed by atoms with E-state index in [1.807, 2.05) is 18.2 Å². The Morgan fingerprint density at radius 1 is 1.26 bits per heavy atom. The van der Waals surface area contributed by atoms with Gasteiger partial charge in [-0.25, -0.2) is 0 Å². The van der Waals surface area contributed by atoms with Crippen LogP contribution in [0.25, 0.3) is 0 Å². The van der Waals surface area contributed by atoms with Crippen LogP contribution in [0.2, 0.25) is 0 Å². The molecular formula is C16H24N2S. The van der Waals surface area contributed by atoms with Crippen LogP contribution in [0.4, 0.5) is 5.69 Å². The number of thioether (sulfide) groups is 1. The molecule has 2 nitrogen and oxygen atoms in total. The van der Waals surface area contributed by atoms with E-state index >= 15 is 0 Å². The van der Waals surface area contributed by atoms with Gasteiger partial charge in [-0.3, -0.25) is 0 Å². The van der Waals surface area contributed by atoms with Crippen LogP contribution in [-0.2, 0) is 0 Å². The first kappa shape index (κ1) is 15.9. The molecule has 1 rings (SSSR count). The van der Waals surface area contributed by atoms with Crippen molar-refractivity contribution in [1.29, 1.82) is 5.26 Å². The van der Waals surface area contributed by atoms with Crippen LogP contribution >= 0.6 is 11.8 Å². The molecule has 104 valence electrons. The zero-order chi connectivity index (χ0) is 14.3. The number of nitrogens with zero attached hydrogens (tertiary/aromatic N) is 1. The van der Waals surface area contributed by atoms with E-state index in [0.29, 0.717) is 6.04 Å². The van der Waals surface area contributed by atoms with Gasteiger partial charge in [-0.2, -0.15) is 5.26 Å². The summed E-state index contributed by atoms with van der Waals surface area (Å²) in [4.78, 5) is 1.08. The van der Waals surface area contributed by atoms with Crippen LogP contribution in [0.1, 0.15) is 46.1 Å². The van der Waals surface area contributed by atoms with E-state index in [0.717, 1.165) is 34.2 Å². The summed E-state index contributed by atoms with van der Waals surface area (Å²) in [6.45, 7) is 8.78. The minimum Gasteiger partial charge on any atom is -0.381 e. The average Bonchev–Trinajstić information content (AvgIpc) is 2.37. The second-order valence-electron chi connectivity index (χ2n) is 5.24. The molecule has 1 N–H and O–H groups in total. The van der Waals surface area contributed by atoms with E-state index in [2.05, 4.69) is 39.1 Å². The quantitative estimate of drug-likeness (QED) is 0.719. The average molecular weight is 276 g/mol. The summed E-state index contributed by atoms with van der Waals surface area (Å²) >= 11 is 1.72. The van der Waals surface area contributed by atoms with Gasteiger partial charge in [0.05, 0.1) is 11.3 Å². The zero-order valence-corrected chi connectivity index (χ0v) is 13.2. The molecule has 1 atom stereocenters. The first-order valence-electron chi connectivity index (χ1n) is 7.00. The molecule has 0 radical (unpaired) electrons. The number of rotatable bonds is 7. The minimum atomic E-state index is 0.399. The van der Waals surface area contributed by atoms with Gasteiger partial charge in [0, 0.05) is 10.9 Å². The third kappa shape index (κ3) is 5.16. The topological polar surface area (TPSA) is 35.8 Å². The van der Waals surface area contributed by atoms with Crippen molar-refractivity contribution in [1.82, 2.24) is 0 Å². The Morgan fingerprint density at radius 3 is 2.58 bits per heavy atom. The molecule has 0 aliphatic carbocycles. The van der Waals surface area contributed by atoms with Gasteiger partial charge in [-0.05, 0) is 43.6 Å². The van der Waals surface area contributed by atoms with Gasteiger partial charge in [0.1, 0.15) is 6.07 Å². The highest BCUT2D eigenvalue weighted by molar-refractivity contribution is 7.99. The van der Waals surface area contributed by atoms with Crippen molar-refractivity contribution in [2.24, 2.45) is 5.92 Å². The summed E-state index contributed by atoms with van der Waals surface area (Å²) in [6, 6.07) is 8.79. The fourth-order valence-corrected chi connectivity index (χ4v) is 2.75. The highest BCUT2D eigenvalue weighted by Crippen LogP contribution is 2.28. The number of hydrogen-bond acceptors (Lipinski definition) is 3. The second-order valence-corrected chi connectivity index (χ2v) is 6.55. The Bertz CT molecular complexity index is 435. The molecule has 19 heavy (non-hydrogen) atoms.